The largest absolute Gasteiger partial charge is 0.344 e. The molecule has 1 heterocycles. The van der Waals surface area contributed by atoms with E-state index in [0.717, 1.165) is 38.6 Å². The molecule has 0 bridgehead atoms. The minimum Gasteiger partial charge on any atom is -0.344 e. The molecule has 0 aromatic heterocycles. The van der Waals surface area contributed by atoms with Crippen LogP contribution in [0.5, 0.6) is 0 Å². The van der Waals surface area contributed by atoms with Gasteiger partial charge in [-0.3, -0.25) is 9.59 Å². The molecular formula is C16H26N2O2. The lowest BCUT2D eigenvalue weighted by Crippen LogP contribution is -2.52. The lowest BCUT2D eigenvalue weighted by Gasteiger charge is -2.35. The van der Waals surface area contributed by atoms with Crippen LogP contribution in [0, 0.1) is 5.92 Å². The lowest BCUT2D eigenvalue weighted by molar-refractivity contribution is -0.139. The average molecular weight is 278 g/mol. The number of carbonyl (C=O) groups excluding carboxylic acids is 2. The molecule has 0 spiro atoms. The van der Waals surface area contributed by atoms with Gasteiger partial charge in [0.15, 0.2) is 0 Å². The molecule has 0 radical (unpaired) electrons. The molecule has 112 valence electrons. The Labute approximate surface area is 121 Å². The van der Waals surface area contributed by atoms with E-state index in [0.29, 0.717) is 6.04 Å². The summed E-state index contributed by atoms with van der Waals surface area (Å²) in [7, 11) is 0. The van der Waals surface area contributed by atoms with E-state index in [-0.39, 0.29) is 17.7 Å². The van der Waals surface area contributed by atoms with Crippen molar-refractivity contribution in [2.45, 2.75) is 64.5 Å². The second kappa shape index (κ2) is 6.91. The van der Waals surface area contributed by atoms with Gasteiger partial charge in [0.05, 0.1) is 0 Å². The molecule has 2 rings (SSSR count). The number of hydrogen-bond acceptors (Lipinski definition) is 2. The number of hydrogen-bond donors (Lipinski definition) is 1. The first kappa shape index (κ1) is 15.1. The van der Waals surface area contributed by atoms with E-state index in [9.17, 15) is 9.59 Å². The van der Waals surface area contributed by atoms with E-state index in [1.807, 2.05) is 4.90 Å². The van der Waals surface area contributed by atoms with Crippen molar-refractivity contribution >= 4 is 11.8 Å². The molecule has 1 aliphatic heterocycles. The number of allylic oxidation sites excluding steroid dienone is 2. The van der Waals surface area contributed by atoms with Crippen LogP contribution in [0.4, 0.5) is 0 Å². The van der Waals surface area contributed by atoms with Crippen molar-refractivity contribution in [2.24, 2.45) is 5.92 Å². The van der Waals surface area contributed by atoms with E-state index in [4.69, 9.17) is 0 Å². The lowest BCUT2D eigenvalue weighted by atomic mass is 9.93. The van der Waals surface area contributed by atoms with Gasteiger partial charge in [-0.05, 0) is 52.4 Å². The normalized spacial score (nSPS) is 28.0. The second-order valence-corrected chi connectivity index (χ2v) is 6.09. The Kier molecular flexibility index (Phi) is 5.21. The molecule has 4 nitrogen and oxygen atoms in total. The molecule has 2 amide bonds. The highest BCUT2D eigenvalue weighted by atomic mass is 16.2. The molecule has 1 aliphatic carbocycles. The SMILES string of the molecule is C[C@H](NC(=O)[C@@H]1CC=CCC1)C(=O)N1CCCC[C@@H]1C. The van der Waals surface area contributed by atoms with Crippen molar-refractivity contribution in [3.8, 4) is 0 Å². The first-order valence-corrected chi connectivity index (χ1v) is 7.85. The van der Waals surface area contributed by atoms with Gasteiger partial charge in [-0.1, -0.05) is 12.2 Å². The molecule has 1 saturated heterocycles. The van der Waals surface area contributed by atoms with Crippen LogP contribution in [0.15, 0.2) is 12.2 Å². The quantitative estimate of drug-likeness (QED) is 0.805. The number of rotatable bonds is 3. The maximum absolute atomic E-state index is 12.4. The van der Waals surface area contributed by atoms with Crippen LogP contribution in [-0.2, 0) is 9.59 Å². The second-order valence-electron chi connectivity index (χ2n) is 6.09. The number of nitrogens with zero attached hydrogens (tertiary/aromatic N) is 1. The standard InChI is InChI=1S/C16H26N2O2/c1-12-8-6-7-11-18(12)16(20)13(2)17-15(19)14-9-4-3-5-10-14/h3-4,12-14H,5-11H2,1-2H3,(H,17,19)/t12-,13-,14+/m0/s1. The van der Waals surface area contributed by atoms with Crippen LogP contribution in [0.25, 0.3) is 0 Å². The molecule has 0 saturated carbocycles. The Bertz CT molecular complexity index is 392. The fourth-order valence-corrected chi connectivity index (χ4v) is 3.10. The Morgan fingerprint density at radius 2 is 2.05 bits per heavy atom. The summed E-state index contributed by atoms with van der Waals surface area (Å²) in [6, 6.07) is -0.109. The third-order valence-electron chi connectivity index (χ3n) is 4.46. The minimum atomic E-state index is -0.408. The molecule has 0 aromatic rings. The molecule has 0 unspecified atom stereocenters. The Hall–Kier alpha value is -1.32. The first-order valence-electron chi connectivity index (χ1n) is 7.85. The summed E-state index contributed by atoms with van der Waals surface area (Å²) in [5, 5.41) is 2.90. The molecule has 20 heavy (non-hydrogen) atoms. The fourth-order valence-electron chi connectivity index (χ4n) is 3.10. The highest BCUT2D eigenvalue weighted by molar-refractivity contribution is 5.88. The summed E-state index contributed by atoms with van der Waals surface area (Å²) in [4.78, 5) is 26.5. The number of carbonyl (C=O) groups is 2. The third-order valence-corrected chi connectivity index (χ3v) is 4.46. The predicted octanol–water partition coefficient (Wildman–Crippen LogP) is 2.25. The van der Waals surface area contributed by atoms with Gasteiger partial charge >= 0.3 is 0 Å². The first-order chi connectivity index (χ1) is 9.59. The zero-order chi connectivity index (χ0) is 14.5. The highest BCUT2D eigenvalue weighted by Gasteiger charge is 2.29. The number of amides is 2. The maximum atomic E-state index is 12.4. The van der Waals surface area contributed by atoms with Crippen molar-refractivity contribution in [2.75, 3.05) is 6.54 Å². The smallest absolute Gasteiger partial charge is 0.245 e. The van der Waals surface area contributed by atoms with Gasteiger partial charge in [0.25, 0.3) is 0 Å². The van der Waals surface area contributed by atoms with Gasteiger partial charge in [-0.25, -0.2) is 0 Å². The van der Waals surface area contributed by atoms with Crippen molar-refractivity contribution in [3.63, 3.8) is 0 Å². The Morgan fingerprint density at radius 3 is 2.70 bits per heavy atom. The summed E-state index contributed by atoms with van der Waals surface area (Å²) in [5.41, 5.74) is 0. The molecule has 0 aromatic carbocycles. The Morgan fingerprint density at radius 1 is 1.25 bits per heavy atom. The van der Waals surface area contributed by atoms with E-state index in [2.05, 4.69) is 24.4 Å². The monoisotopic (exact) mass is 278 g/mol. The van der Waals surface area contributed by atoms with E-state index >= 15 is 0 Å². The summed E-state index contributed by atoms with van der Waals surface area (Å²) >= 11 is 0. The number of likely N-dealkylation sites (tertiary alicyclic amines) is 1. The molecule has 1 N–H and O–H groups in total. The summed E-state index contributed by atoms with van der Waals surface area (Å²) in [6.45, 7) is 4.73. The van der Waals surface area contributed by atoms with Gasteiger partial charge in [0, 0.05) is 18.5 Å². The third kappa shape index (κ3) is 3.62. The highest BCUT2D eigenvalue weighted by Crippen LogP contribution is 2.19. The predicted molar refractivity (Wildman–Crippen MR) is 79.1 cm³/mol. The zero-order valence-corrected chi connectivity index (χ0v) is 12.6. The minimum absolute atomic E-state index is 0.0277. The van der Waals surface area contributed by atoms with Crippen LogP contribution in [0.2, 0.25) is 0 Å². The molecule has 4 heteroatoms. The molecule has 1 fully saturated rings. The summed E-state index contributed by atoms with van der Waals surface area (Å²) in [6.07, 6.45) is 10.2. The van der Waals surface area contributed by atoms with Gasteiger partial charge in [0.2, 0.25) is 11.8 Å². The summed E-state index contributed by atoms with van der Waals surface area (Å²) < 4.78 is 0. The van der Waals surface area contributed by atoms with Gasteiger partial charge in [-0.2, -0.15) is 0 Å². The fraction of sp³-hybridized carbons (Fsp3) is 0.750. The number of nitrogens with one attached hydrogen (secondary N) is 1. The maximum Gasteiger partial charge on any atom is 0.245 e. The molecular weight excluding hydrogens is 252 g/mol. The topological polar surface area (TPSA) is 49.4 Å². The van der Waals surface area contributed by atoms with Gasteiger partial charge in [-0.15, -0.1) is 0 Å². The molecule has 3 atom stereocenters. The van der Waals surface area contributed by atoms with Crippen molar-refractivity contribution in [1.29, 1.82) is 0 Å². The van der Waals surface area contributed by atoms with E-state index in [1.165, 1.54) is 6.42 Å². The van der Waals surface area contributed by atoms with Gasteiger partial charge < -0.3 is 10.2 Å². The average Bonchev–Trinajstić information content (AvgIpc) is 2.48. The number of piperidine rings is 1. The zero-order valence-electron chi connectivity index (χ0n) is 12.6. The van der Waals surface area contributed by atoms with Crippen LogP contribution >= 0.6 is 0 Å². The van der Waals surface area contributed by atoms with Crippen molar-refractivity contribution in [1.82, 2.24) is 10.2 Å². The van der Waals surface area contributed by atoms with Crippen LogP contribution in [0.1, 0.15) is 52.4 Å². The van der Waals surface area contributed by atoms with Crippen LogP contribution in [0.3, 0.4) is 0 Å². The van der Waals surface area contributed by atoms with Crippen molar-refractivity contribution < 1.29 is 9.59 Å². The van der Waals surface area contributed by atoms with Crippen LogP contribution < -0.4 is 5.32 Å². The van der Waals surface area contributed by atoms with Crippen LogP contribution in [-0.4, -0.2) is 35.3 Å². The van der Waals surface area contributed by atoms with Gasteiger partial charge in [0.1, 0.15) is 6.04 Å². The Balaban J connectivity index is 1.86. The van der Waals surface area contributed by atoms with E-state index < -0.39 is 6.04 Å². The van der Waals surface area contributed by atoms with E-state index in [1.54, 1.807) is 6.92 Å². The van der Waals surface area contributed by atoms with Crippen molar-refractivity contribution in [3.05, 3.63) is 12.2 Å². The summed E-state index contributed by atoms with van der Waals surface area (Å²) in [5.74, 6) is 0.130. The molecule has 2 aliphatic rings.